The molecule has 17 heavy (non-hydrogen) atoms. The van der Waals surface area contributed by atoms with Gasteiger partial charge < -0.3 is 5.73 Å². The van der Waals surface area contributed by atoms with Crippen molar-refractivity contribution < 1.29 is 8.42 Å². The van der Waals surface area contributed by atoms with Crippen LogP contribution in [0.1, 0.15) is 11.5 Å². The number of nitriles is 1. The summed E-state index contributed by atoms with van der Waals surface area (Å²) in [6.07, 6.45) is 1.12. The largest absolute Gasteiger partial charge is 0.312 e. The maximum Gasteiger partial charge on any atom is 0.153 e. The Kier molecular flexibility index (Phi) is 2.81. The van der Waals surface area contributed by atoms with Crippen LogP contribution in [0.4, 0.5) is 0 Å². The van der Waals surface area contributed by atoms with Crippen LogP contribution < -0.4 is 5.73 Å². The van der Waals surface area contributed by atoms with Crippen LogP contribution in [0.5, 0.6) is 0 Å². The van der Waals surface area contributed by atoms with Crippen LogP contribution >= 0.6 is 15.9 Å². The third-order valence-corrected chi connectivity index (χ3v) is 5.18. The van der Waals surface area contributed by atoms with Gasteiger partial charge in [0.1, 0.15) is 10.8 Å². The van der Waals surface area contributed by atoms with Gasteiger partial charge in [0.05, 0.1) is 6.07 Å². The number of nitrogens with zero attached hydrogens (tertiary/aromatic N) is 1. The van der Waals surface area contributed by atoms with Crippen molar-refractivity contribution in [2.75, 3.05) is 6.26 Å². The summed E-state index contributed by atoms with van der Waals surface area (Å²) in [4.78, 5) is 0. The lowest BCUT2D eigenvalue weighted by molar-refractivity contribution is 0.597. The number of hydrogen-bond acceptors (Lipinski definition) is 4. The first-order chi connectivity index (χ1) is 7.80. The monoisotopic (exact) mass is 314 g/mol. The second kappa shape index (κ2) is 3.80. The minimum absolute atomic E-state index is 0.435. The molecule has 1 aromatic rings. The number of hydrogen-bond donors (Lipinski definition) is 1. The van der Waals surface area contributed by atoms with Gasteiger partial charge >= 0.3 is 0 Å². The fraction of sp³-hybridized carbons (Fsp3) is 0.364. The third kappa shape index (κ3) is 1.99. The standard InChI is InChI=1S/C11H11BrN2O2S/c1-17(15,16)10-9(11(10,14)6-13)7-2-4-8(12)5-3-7/h2-5,9-10H,14H2,1H3/t9-,10-,11-/m1/s1. The molecule has 0 heterocycles. The first kappa shape index (κ1) is 12.6. The fourth-order valence-electron chi connectivity index (χ4n) is 2.23. The molecule has 6 heteroatoms. The molecule has 3 atom stereocenters. The van der Waals surface area contributed by atoms with E-state index in [2.05, 4.69) is 15.9 Å². The van der Waals surface area contributed by atoms with E-state index in [9.17, 15) is 8.42 Å². The van der Waals surface area contributed by atoms with E-state index >= 15 is 0 Å². The molecule has 1 fully saturated rings. The molecule has 0 bridgehead atoms. The predicted molar refractivity (Wildman–Crippen MR) is 68.0 cm³/mol. The molecule has 0 aromatic heterocycles. The molecule has 1 saturated carbocycles. The minimum Gasteiger partial charge on any atom is -0.312 e. The lowest BCUT2D eigenvalue weighted by atomic mass is 10.1. The van der Waals surface area contributed by atoms with E-state index in [1.165, 1.54) is 0 Å². The number of rotatable bonds is 2. The van der Waals surface area contributed by atoms with Crippen molar-refractivity contribution in [1.82, 2.24) is 0 Å². The maximum absolute atomic E-state index is 11.6. The van der Waals surface area contributed by atoms with E-state index in [1.54, 1.807) is 12.1 Å². The molecular formula is C11H11BrN2O2S. The van der Waals surface area contributed by atoms with Crippen molar-refractivity contribution in [3.05, 3.63) is 34.3 Å². The highest BCUT2D eigenvalue weighted by Gasteiger charge is 2.69. The highest BCUT2D eigenvalue weighted by atomic mass is 79.9. The van der Waals surface area contributed by atoms with Gasteiger partial charge in [-0.25, -0.2) is 8.42 Å². The average Bonchev–Trinajstić information content (AvgIpc) is 2.87. The van der Waals surface area contributed by atoms with Gasteiger partial charge in [-0.2, -0.15) is 5.26 Å². The molecule has 2 rings (SSSR count). The summed E-state index contributed by atoms with van der Waals surface area (Å²) >= 11 is 3.30. The first-order valence-corrected chi connectivity index (χ1v) is 7.70. The Morgan fingerprint density at radius 3 is 2.29 bits per heavy atom. The van der Waals surface area contributed by atoms with Crippen LogP contribution in [-0.2, 0) is 9.84 Å². The van der Waals surface area contributed by atoms with Crippen LogP contribution in [0, 0.1) is 11.3 Å². The van der Waals surface area contributed by atoms with Crippen LogP contribution in [0.3, 0.4) is 0 Å². The summed E-state index contributed by atoms with van der Waals surface area (Å²) < 4.78 is 24.1. The minimum atomic E-state index is -3.32. The molecule has 0 unspecified atom stereocenters. The van der Waals surface area contributed by atoms with Gasteiger partial charge in [0.25, 0.3) is 0 Å². The van der Waals surface area contributed by atoms with Gasteiger partial charge in [-0.3, -0.25) is 0 Å². The summed E-state index contributed by atoms with van der Waals surface area (Å²) in [5.74, 6) is -0.435. The normalized spacial score (nSPS) is 31.9. The predicted octanol–water partition coefficient (Wildman–Crippen LogP) is 1.18. The fourth-order valence-corrected chi connectivity index (χ4v) is 4.20. The summed E-state index contributed by atoms with van der Waals surface area (Å²) in [5.41, 5.74) is 5.33. The smallest absolute Gasteiger partial charge is 0.153 e. The Labute approximate surface area is 108 Å². The van der Waals surface area contributed by atoms with Gasteiger partial charge in [-0.05, 0) is 17.7 Å². The van der Waals surface area contributed by atoms with E-state index in [-0.39, 0.29) is 0 Å². The Bertz CT molecular complexity index is 591. The lowest BCUT2D eigenvalue weighted by Crippen LogP contribution is -2.28. The van der Waals surface area contributed by atoms with Crippen molar-refractivity contribution >= 4 is 25.8 Å². The lowest BCUT2D eigenvalue weighted by Gasteiger charge is -2.00. The van der Waals surface area contributed by atoms with Gasteiger partial charge in [-0.15, -0.1) is 0 Å². The van der Waals surface area contributed by atoms with Crippen LogP contribution in [0.15, 0.2) is 28.7 Å². The van der Waals surface area contributed by atoms with E-state index in [1.807, 2.05) is 18.2 Å². The van der Waals surface area contributed by atoms with E-state index < -0.39 is 26.5 Å². The van der Waals surface area contributed by atoms with Gasteiger partial charge in [0.15, 0.2) is 9.84 Å². The number of sulfone groups is 1. The molecule has 4 nitrogen and oxygen atoms in total. The van der Waals surface area contributed by atoms with Crippen molar-refractivity contribution in [3.63, 3.8) is 0 Å². The number of nitrogens with two attached hydrogens (primary N) is 1. The molecule has 1 aromatic carbocycles. The second-order valence-electron chi connectivity index (χ2n) is 4.32. The van der Waals surface area contributed by atoms with Gasteiger partial charge in [0.2, 0.25) is 0 Å². The van der Waals surface area contributed by atoms with Crippen LogP contribution in [0.2, 0.25) is 0 Å². The topological polar surface area (TPSA) is 83.9 Å². The molecule has 0 radical (unpaired) electrons. The van der Waals surface area contributed by atoms with E-state index in [4.69, 9.17) is 11.0 Å². The van der Waals surface area contributed by atoms with Crippen molar-refractivity contribution in [3.8, 4) is 6.07 Å². The Morgan fingerprint density at radius 1 is 1.41 bits per heavy atom. The van der Waals surface area contributed by atoms with Crippen LogP contribution in [-0.4, -0.2) is 25.5 Å². The molecule has 1 aliphatic carbocycles. The molecule has 90 valence electrons. The van der Waals surface area contributed by atoms with Crippen molar-refractivity contribution in [2.45, 2.75) is 16.7 Å². The second-order valence-corrected chi connectivity index (χ2v) is 7.41. The molecule has 0 amide bonds. The molecule has 0 saturated heterocycles. The SMILES string of the molecule is CS(=O)(=O)[C@@H]1[C@@H](c2ccc(Br)cc2)[C@]1(N)C#N. The summed E-state index contributed by atoms with van der Waals surface area (Å²) in [7, 11) is -3.32. The summed E-state index contributed by atoms with van der Waals surface area (Å²) in [6.45, 7) is 0. The van der Waals surface area contributed by atoms with Crippen molar-refractivity contribution in [2.24, 2.45) is 5.73 Å². The molecule has 2 N–H and O–H groups in total. The van der Waals surface area contributed by atoms with E-state index in [0.717, 1.165) is 16.3 Å². The number of benzene rings is 1. The first-order valence-electron chi connectivity index (χ1n) is 4.95. The Balaban J connectivity index is 2.42. The summed E-state index contributed by atoms with van der Waals surface area (Å²) in [5, 5.41) is 8.23. The number of halogens is 1. The highest BCUT2D eigenvalue weighted by Crippen LogP contribution is 2.53. The molecule has 0 spiro atoms. The molecule has 1 aliphatic rings. The molecular weight excluding hydrogens is 304 g/mol. The Morgan fingerprint density at radius 2 is 1.94 bits per heavy atom. The van der Waals surface area contributed by atoms with E-state index in [0.29, 0.717) is 0 Å². The Hall–Kier alpha value is -0.900. The average molecular weight is 315 g/mol. The van der Waals surface area contributed by atoms with Crippen LogP contribution in [0.25, 0.3) is 0 Å². The maximum atomic E-state index is 11.6. The van der Waals surface area contributed by atoms with Gasteiger partial charge in [0, 0.05) is 16.6 Å². The zero-order chi connectivity index (χ0) is 12.8. The zero-order valence-electron chi connectivity index (χ0n) is 9.09. The van der Waals surface area contributed by atoms with Crippen molar-refractivity contribution in [1.29, 1.82) is 5.26 Å². The zero-order valence-corrected chi connectivity index (χ0v) is 11.5. The summed E-state index contributed by atoms with van der Waals surface area (Å²) in [6, 6.07) is 9.12. The van der Waals surface area contributed by atoms with Gasteiger partial charge in [-0.1, -0.05) is 28.1 Å². The highest BCUT2D eigenvalue weighted by molar-refractivity contribution is 9.10. The molecule has 0 aliphatic heterocycles. The third-order valence-electron chi connectivity index (χ3n) is 3.06. The quantitative estimate of drug-likeness (QED) is 0.888.